The minimum absolute atomic E-state index is 0.899. The summed E-state index contributed by atoms with van der Waals surface area (Å²) in [4.78, 5) is 2.66. The third kappa shape index (κ3) is 5.79. The molecule has 2 nitrogen and oxygen atoms in total. The molecule has 0 radical (unpaired) electrons. The lowest BCUT2D eigenvalue weighted by molar-refractivity contribution is 0.274. The van der Waals surface area contributed by atoms with Crippen molar-refractivity contribution in [2.45, 2.75) is 37.9 Å². The second-order valence-electron chi connectivity index (χ2n) is 4.37. The van der Waals surface area contributed by atoms with Crippen molar-refractivity contribution in [3.8, 4) is 0 Å². The second-order valence-corrected chi connectivity index (χ2v) is 5.77. The van der Waals surface area contributed by atoms with Crippen molar-refractivity contribution in [3.05, 3.63) is 0 Å². The van der Waals surface area contributed by atoms with E-state index in [1.54, 1.807) is 0 Å². The van der Waals surface area contributed by atoms with E-state index in [9.17, 15) is 0 Å². The summed E-state index contributed by atoms with van der Waals surface area (Å²) < 4.78 is 0. The van der Waals surface area contributed by atoms with E-state index in [-0.39, 0.29) is 0 Å². The van der Waals surface area contributed by atoms with Crippen LogP contribution in [0, 0.1) is 0 Å². The van der Waals surface area contributed by atoms with Crippen molar-refractivity contribution in [2.75, 3.05) is 39.0 Å². The lowest BCUT2D eigenvalue weighted by Crippen LogP contribution is -2.38. The zero-order valence-corrected chi connectivity index (χ0v) is 11.1. The quantitative estimate of drug-likeness (QED) is 0.675. The van der Waals surface area contributed by atoms with Crippen molar-refractivity contribution >= 4 is 11.8 Å². The van der Waals surface area contributed by atoms with E-state index >= 15 is 0 Å². The Morgan fingerprint density at radius 1 is 1.33 bits per heavy atom. The number of hydrogen-bond donors (Lipinski definition) is 1. The van der Waals surface area contributed by atoms with Gasteiger partial charge in [0.2, 0.25) is 0 Å². The van der Waals surface area contributed by atoms with Crippen molar-refractivity contribution in [1.29, 1.82) is 0 Å². The highest BCUT2D eigenvalue weighted by Crippen LogP contribution is 2.21. The van der Waals surface area contributed by atoms with Crippen molar-refractivity contribution in [3.63, 3.8) is 0 Å². The molecule has 0 amide bonds. The van der Waals surface area contributed by atoms with Gasteiger partial charge in [0.25, 0.3) is 0 Å². The fourth-order valence-electron chi connectivity index (χ4n) is 2.04. The average Bonchev–Trinajstić information content (AvgIpc) is 2.29. The first-order valence-corrected chi connectivity index (χ1v) is 7.40. The van der Waals surface area contributed by atoms with Gasteiger partial charge in [-0.1, -0.05) is 13.3 Å². The summed E-state index contributed by atoms with van der Waals surface area (Å²) >= 11 is 2.16. The van der Waals surface area contributed by atoms with E-state index < -0.39 is 0 Å². The van der Waals surface area contributed by atoms with Gasteiger partial charge < -0.3 is 10.2 Å². The first-order valence-electron chi connectivity index (χ1n) is 6.35. The lowest BCUT2D eigenvalue weighted by atomic mass is 10.2. The lowest BCUT2D eigenvalue weighted by Gasteiger charge is -2.31. The Morgan fingerprint density at radius 3 is 2.93 bits per heavy atom. The Labute approximate surface area is 99.2 Å². The Kier molecular flexibility index (Phi) is 7.49. The first-order chi connectivity index (χ1) is 7.36. The summed E-state index contributed by atoms with van der Waals surface area (Å²) in [6.07, 6.45) is 5.42. The number of rotatable bonds is 7. The van der Waals surface area contributed by atoms with Crippen LogP contribution in [0.4, 0.5) is 0 Å². The second kappa shape index (κ2) is 8.43. The molecule has 3 heteroatoms. The first kappa shape index (κ1) is 13.3. The third-order valence-corrected chi connectivity index (χ3v) is 4.45. The molecule has 0 spiro atoms. The van der Waals surface area contributed by atoms with E-state index in [1.165, 1.54) is 57.6 Å². The standard InChI is InChI=1S/C12H26N2S/c1-3-12-11-14(9-10-15-12)8-6-4-5-7-13-2/h12-13H,3-11H2,1-2H3. The van der Waals surface area contributed by atoms with Crippen LogP contribution in [0.15, 0.2) is 0 Å². The van der Waals surface area contributed by atoms with Crippen LogP contribution in [0.25, 0.3) is 0 Å². The topological polar surface area (TPSA) is 15.3 Å². The van der Waals surface area contributed by atoms with Gasteiger partial charge >= 0.3 is 0 Å². The fraction of sp³-hybridized carbons (Fsp3) is 1.00. The zero-order valence-electron chi connectivity index (χ0n) is 10.3. The number of nitrogens with one attached hydrogen (secondary N) is 1. The van der Waals surface area contributed by atoms with Gasteiger partial charge in [0.15, 0.2) is 0 Å². The van der Waals surface area contributed by atoms with Crippen molar-refractivity contribution in [2.24, 2.45) is 0 Å². The summed E-state index contributed by atoms with van der Waals surface area (Å²) in [6.45, 7) is 7.45. The Hall–Kier alpha value is 0.270. The molecule has 0 aromatic carbocycles. The Balaban J connectivity index is 2.00. The van der Waals surface area contributed by atoms with Crippen LogP contribution in [0.5, 0.6) is 0 Å². The van der Waals surface area contributed by atoms with E-state index in [4.69, 9.17) is 0 Å². The van der Waals surface area contributed by atoms with Crippen LogP contribution < -0.4 is 5.32 Å². The van der Waals surface area contributed by atoms with E-state index in [2.05, 4.69) is 28.9 Å². The molecule has 15 heavy (non-hydrogen) atoms. The predicted octanol–water partition coefficient (Wildman–Crippen LogP) is 2.20. The molecule has 1 aliphatic heterocycles. The van der Waals surface area contributed by atoms with Gasteiger partial charge in [-0.3, -0.25) is 0 Å². The largest absolute Gasteiger partial charge is 0.320 e. The van der Waals surface area contributed by atoms with Crippen LogP contribution in [-0.4, -0.2) is 49.1 Å². The highest BCUT2D eigenvalue weighted by Gasteiger charge is 2.17. The van der Waals surface area contributed by atoms with Crippen LogP contribution in [0.2, 0.25) is 0 Å². The van der Waals surface area contributed by atoms with Crippen LogP contribution in [0.1, 0.15) is 32.6 Å². The van der Waals surface area contributed by atoms with Crippen molar-refractivity contribution < 1.29 is 0 Å². The normalized spacial score (nSPS) is 23.2. The summed E-state index contributed by atoms with van der Waals surface area (Å²) in [5.74, 6) is 1.34. The molecule has 1 N–H and O–H groups in total. The maximum Gasteiger partial charge on any atom is 0.0172 e. The number of nitrogens with zero attached hydrogens (tertiary/aromatic N) is 1. The molecule has 90 valence electrons. The van der Waals surface area contributed by atoms with Gasteiger partial charge in [0.05, 0.1) is 0 Å². The highest BCUT2D eigenvalue weighted by atomic mass is 32.2. The molecular weight excluding hydrogens is 204 g/mol. The van der Waals surface area contributed by atoms with Gasteiger partial charge in [0, 0.05) is 24.1 Å². The molecule has 1 unspecified atom stereocenters. The summed E-state index contributed by atoms with van der Waals surface area (Å²) in [6, 6.07) is 0. The molecule has 1 heterocycles. The smallest absolute Gasteiger partial charge is 0.0172 e. The molecule has 0 saturated carbocycles. The Bertz CT molecular complexity index is 153. The highest BCUT2D eigenvalue weighted by molar-refractivity contribution is 8.00. The summed E-state index contributed by atoms with van der Waals surface area (Å²) in [5.41, 5.74) is 0. The van der Waals surface area contributed by atoms with Crippen LogP contribution in [0.3, 0.4) is 0 Å². The van der Waals surface area contributed by atoms with Gasteiger partial charge in [-0.25, -0.2) is 0 Å². The minimum Gasteiger partial charge on any atom is -0.320 e. The van der Waals surface area contributed by atoms with Gasteiger partial charge in [-0.2, -0.15) is 11.8 Å². The number of thioether (sulfide) groups is 1. The predicted molar refractivity (Wildman–Crippen MR) is 70.8 cm³/mol. The fourth-order valence-corrected chi connectivity index (χ4v) is 3.29. The molecule has 0 aliphatic carbocycles. The molecular formula is C12H26N2S. The monoisotopic (exact) mass is 230 g/mol. The van der Waals surface area contributed by atoms with Crippen LogP contribution in [-0.2, 0) is 0 Å². The molecule has 1 rings (SSSR count). The molecule has 1 saturated heterocycles. The number of unbranched alkanes of at least 4 members (excludes halogenated alkanes) is 2. The number of hydrogen-bond acceptors (Lipinski definition) is 3. The summed E-state index contributed by atoms with van der Waals surface area (Å²) in [7, 11) is 2.04. The van der Waals surface area contributed by atoms with Gasteiger partial charge in [-0.15, -0.1) is 0 Å². The average molecular weight is 230 g/mol. The molecule has 1 atom stereocenters. The van der Waals surface area contributed by atoms with Gasteiger partial charge in [0.1, 0.15) is 0 Å². The van der Waals surface area contributed by atoms with E-state index in [0.29, 0.717) is 0 Å². The van der Waals surface area contributed by atoms with Gasteiger partial charge in [-0.05, 0) is 39.4 Å². The third-order valence-electron chi connectivity index (χ3n) is 3.08. The van der Waals surface area contributed by atoms with E-state index in [1.807, 2.05) is 7.05 Å². The molecule has 0 bridgehead atoms. The Morgan fingerprint density at radius 2 is 2.20 bits per heavy atom. The molecule has 1 aliphatic rings. The van der Waals surface area contributed by atoms with Crippen LogP contribution >= 0.6 is 11.8 Å². The van der Waals surface area contributed by atoms with Crippen molar-refractivity contribution in [1.82, 2.24) is 10.2 Å². The summed E-state index contributed by atoms with van der Waals surface area (Å²) in [5, 5.41) is 4.10. The van der Waals surface area contributed by atoms with E-state index in [0.717, 1.165) is 5.25 Å². The molecule has 0 aromatic rings. The molecule has 0 aromatic heterocycles. The SMILES string of the molecule is CCC1CN(CCCCCNC)CCS1. The molecule has 1 fully saturated rings. The minimum atomic E-state index is 0.899. The maximum atomic E-state index is 3.21. The zero-order chi connectivity index (χ0) is 10.9. The maximum absolute atomic E-state index is 3.21.